The number of hydrogen-bond donors (Lipinski definition) is 3. The molecule has 3 N–H and O–H groups in total. The monoisotopic (exact) mass is 467 g/mol. The van der Waals surface area contributed by atoms with Gasteiger partial charge in [0.15, 0.2) is 17.5 Å². The normalized spacial score (nSPS) is 15.2. The average molecular weight is 467 g/mol. The molecule has 32 heavy (non-hydrogen) atoms. The van der Waals surface area contributed by atoms with E-state index in [0.717, 1.165) is 12.4 Å². The number of anilines is 1. The van der Waals surface area contributed by atoms with Gasteiger partial charge in [0.05, 0.1) is 24.7 Å². The van der Waals surface area contributed by atoms with Crippen molar-refractivity contribution in [2.75, 3.05) is 11.5 Å². The van der Waals surface area contributed by atoms with Crippen molar-refractivity contribution in [1.82, 2.24) is 19.9 Å². The number of H-pyrrole nitrogens is 1. The minimum Gasteiger partial charge on any atom is -0.364 e. The van der Waals surface area contributed by atoms with Crippen LogP contribution in [0.1, 0.15) is 41.0 Å². The second kappa shape index (κ2) is 9.21. The predicted octanol–water partition coefficient (Wildman–Crippen LogP) is 5.13. The molecule has 3 aromatic rings. The van der Waals surface area contributed by atoms with Crippen molar-refractivity contribution < 1.29 is 22.8 Å². The van der Waals surface area contributed by atoms with E-state index in [2.05, 4.69) is 25.3 Å². The third-order valence-electron chi connectivity index (χ3n) is 4.91. The minimum atomic E-state index is -3.78. The van der Waals surface area contributed by atoms with Crippen LogP contribution in [0, 0.1) is 17.0 Å². The Kier molecular flexibility index (Phi) is 6.97. The molecule has 2 atom stereocenters. The molecule has 0 saturated carbocycles. The molecule has 8 nitrogen and oxygen atoms in total. The average Bonchev–Trinajstić information content (AvgIpc) is 3.07. The maximum absolute atomic E-state index is 14.6. The fraction of sp³-hybridized carbons (Fsp3) is 0.476. The summed E-state index contributed by atoms with van der Waals surface area (Å²) in [4.78, 5) is 25.3. The Morgan fingerprint density at radius 1 is 1.25 bits per heavy atom. The van der Waals surface area contributed by atoms with Gasteiger partial charge in [-0.1, -0.05) is 20.8 Å². The lowest BCUT2D eigenvalue weighted by Crippen LogP contribution is -2.35. The van der Waals surface area contributed by atoms with E-state index in [1.807, 2.05) is 20.8 Å². The van der Waals surface area contributed by atoms with Crippen LogP contribution in [-0.2, 0) is 9.09 Å². The number of hydrogen-bond acceptors (Lipinski definition) is 6. The summed E-state index contributed by atoms with van der Waals surface area (Å²) in [5.41, 5.74) is 0.552. The Morgan fingerprint density at radius 2 is 1.97 bits per heavy atom. The molecule has 0 fully saturated rings. The summed E-state index contributed by atoms with van der Waals surface area (Å²) in [6.07, 6.45) is 3.50. The maximum atomic E-state index is 14.6. The van der Waals surface area contributed by atoms with E-state index < -0.39 is 25.3 Å². The van der Waals surface area contributed by atoms with Gasteiger partial charge < -0.3 is 19.7 Å². The van der Waals surface area contributed by atoms with Gasteiger partial charge in [-0.2, -0.15) is 0 Å². The molecule has 3 rings (SSSR count). The molecule has 0 aliphatic rings. The SMILES string of the molecule is CC(C)OP(=O)(O)CC[C@@H](Nc1nc(-c2c[nH]c3ncc(F)cc23)ncc1F)C(C)(C)C. The van der Waals surface area contributed by atoms with Crippen LogP contribution in [0.5, 0.6) is 0 Å². The zero-order valence-electron chi connectivity index (χ0n) is 18.7. The number of pyridine rings is 1. The van der Waals surface area contributed by atoms with Crippen LogP contribution in [0.2, 0.25) is 0 Å². The first-order valence-electron chi connectivity index (χ1n) is 10.3. The highest BCUT2D eigenvalue weighted by Gasteiger charge is 2.30. The van der Waals surface area contributed by atoms with E-state index in [-0.39, 0.29) is 35.7 Å². The number of nitrogens with zero attached hydrogens (tertiary/aromatic N) is 3. The zero-order valence-corrected chi connectivity index (χ0v) is 19.6. The van der Waals surface area contributed by atoms with Gasteiger partial charge in [-0.15, -0.1) is 0 Å². The van der Waals surface area contributed by atoms with Crippen molar-refractivity contribution in [3.8, 4) is 11.4 Å². The molecule has 0 aromatic carbocycles. The van der Waals surface area contributed by atoms with Crippen LogP contribution in [-0.4, -0.2) is 43.1 Å². The van der Waals surface area contributed by atoms with Crippen LogP contribution in [0.3, 0.4) is 0 Å². The Labute approximate surface area is 185 Å². The van der Waals surface area contributed by atoms with Crippen LogP contribution in [0.4, 0.5) is 14.6 Å². The quantitative estimate of drug-likeness (QED) is 0.394. The minimum absolute atomic E-state index is 0.0498. The van der Waals surface area contributed by atoms with E-state index >= 15 is 0 Å². The van der Waals surface area contributed by atoms with Gasteiger partial charge in [0.2, 0.25) is 0 Å². The fourth-order valence-corrected chi connectivity index (χ4v) is 4.67. The van der Waals surface area contributed by atoms with E-state index in [0.29, 0.717) is 16.6 Å². The number of aromatic amines is 1. The highest BCUT2D eigenvalue weighted by molar-refractivity contribution is 7.52. The maximum Gasteiger partial charge on any atom is 0.328 e. The fourth-order valence-electron chi connectivity index (χ4n) is 3.32. The lowest BCUT2D eigenvalue weighted by molar-refractivity contribution is 0.202. The second-order valence-corrected chi connectivity index (χ2v) is 10.9. The third-order valence-corrected chi connectivity index (χ3v) is 6.49. The van der Waals surface area contributed by atoms with Gasteiger partial charge in [0.25, 0.3) is 0 Å². The first-order valence-corrected chi connectivity index (χ1v) is 12.0. The van der Waals surface area contributed by atoms with Gasteiger partial charge in [-0.3, -0.25) is 4.57 Å². The molecule has 0 radical (unpaired) electrons. The predicted molar refractivity (Wildman–Crippen MR) is 119 cm³/mol. The van der Waals surface area contributed by atoms with E-state index in [1.165, 1.54) is 6.07 Å². The van der Waals surface area contributed by atoms with Crippen molar-refractivity contribution >= 4 is 24.4 Å². The van der Waals surface area contributed by atoms with Crippen LogP contribution < -0.4 is 5.32 Å². The molecule has 3 heterocycles. The molecule has 11 heteroatoms. The molecule has 0 aliphatic heterocycles. The Balaban J connectivity index is 1.88. The van der Waals surface area contributed by atoms with Crippen LogP contribution in [0.15, 0.2) is 24.7 Å². The van der Waals surface area contributed by atoms with Crippen molar-refractivity contribution in [2.45, 2.75) is 53.2 Å². The summed E-state index contributed by atoms with van der Waals surface area (Å²) >= 11 is 0. The van der Waals surface area contributed by atoms with Gasteiger partial charge in [-0.25, -0.2) is 23.7 Å². The van der Waals surface area contributed by atoms with Crippen molar-refractivity contribution in [2.24, 2.45) is 5.41 Å². The molecule has 174 valence electrons. The number of fused-ring (bicyclic) bond motifs is 1. The summed E-state index contributed by atoms with van der Waals surface area (Å²) in [5, 5.41) is 3.54. The number of halogens is 2. The van der Waals surface area contributed by atoms with Gasteiger partial charge >= 0.3 is 7.60 Å². The van der Waals surface area contributed by atoms with Gasteiger partial charge in [0.1, 0.15) is 11.5 Å². The topological polar surface area (TPSA) is 113 Å². The smallest absolute Gasteiger partial charge is 0.328 e. The van der Waals surface area contributed by atoms with Crippen molar-refractivity contribution in [3.63, 3.8) is 0 Å². The molecule has 1 unspecified atom stereocenters. The van der Waals surface area contributed by atoms with Crippen molar-refractivity contribution in [3.05, 3.63) is 36.3 Å². The molecule has 3 aromatic heterocycles. The first kappa shape index (κ1) is 24.2. The lowest BCUT2D eigenvalue weighted by Gasteiger charge is -2.32. The third kappa shape index (κ3) is 5.88. The van der Waals surface area contributed by atoms with E-state index in [9.17, 15) is 18.2 Å². The summed E-state index contributed by atoms with van der Waals surface area (Å²) in [7, 11) is -3.78. The van der Waals surface area contributed by atoms with Gasteiger partial charge in [-0.05, 0) is 31.7 Å². The Bertz CT molecular complexity index is 1150. The lowest BCUT2D eigenvalue weighted by atomic mass is 9.85. The largest absolute Gasteiger partial charge is 0.364 e. The Hall–Kier alpha value is -2.42. The van der Waals surface area contributed by atoms with E-state index in [4.69, 9.17) is 4.52 Å². The highest BCUT2D eigenvalue weighted by Crippen LogP contribution is 2.45. The van der Waals surface area contributed by atoms with Crippen LogP contribution >= 0.6 is 7.60 Å². The summed E-state index contributed by atoms with van der Waals surface area (Å²) in [6, 6.07) is 0.914. The summed E-state index contributed by atoms with van der Waals surface area (Å²) in [5.74, 6) is -1.04. The molecule has 0 aliphatic carbocycles. The Morgan fingerprint density at radius 3 is 2.62 bits per heavy atom. The highest BCUT2D eigenvalue weighted by atomic mass is 31.2. The molecular formula is C21H28F2N5O3P. The number of aromatic nitrogens is 4. The van der Waals surface area contributed by atoms with Gasteiger partial charge in [0, 0.05) is 23.2 Å². The summed E-state index contributed by atoms with van der Waals surface area (Å²) < 4.78 is 45.7. The molecule has 0 spiro atoms. The summed E-state index contributed by atoms with van der Waals surface area (Å²) in [6.45, 7) is 9.18. The first-order chi connectivity index (χ1) is 14.9. The standard InChI is InChI=1S/C21H28F2N5O3P/c1-12(2)31-32(29,30)7-6-17(21(3,4)5)27-20-16(23)11-26-19(28-20)15-10-25-18-14(15)8-13(22)9-24-18/h8-12,17H,6-7H2,1-5H3,(H,24,25)(H,29,30)(H,26,27,28)/t17-/m1/s1. The van der Waals surface area contributed by atoms with Crippen molar-refractivity contribution in [1.29, 1.82) is 0 Å². The van der Waals surface area contributed by atoms with E-state index in [1.54, 1.807) is 20.0 Å². The molecule has 0 amide bonds. The number of rotatable bonds is 8. The second-order valence-electron chi connectivity index (χ2n) is 9.01. The number of nitrogens with one attached hydrogen (secondary N) is 2. The van der Waals surface area contributed by atoms with Crippen LogP contribution in [0.25, 0.3) is 22.4 Å². The molecule has 0 bridgehead atoms. The molecular weight excluding hydrogens is 439 g/mol. The zero-order chi connectivity index (χ0) is 23.7. The molecule has 0 saturated heterocycles.